The zero-order chi connectivity index (χ0) is 9.26. The van der Waals surface area contributed by atoms with Crippen LogP contribution in [0.4, 0.5) is 0 Å². The summed E-state index contributed by atoms with van der Waals surface area (Å²) >= 11 is 3.27. The van der Waals surface area contributed by atoms with Crippen molar-refractivity contribution < 1.29 is 4.52 Å². The fourth-order valence-corrected chi connectivity index (χ4v) is 1.40. The van der Waals surface area contributed by atoms with Crippen LogP contribution in [0.25, 0.3) is 0 Å². The van der Waals surface area contributed by atoms with Gasteiger partial charge in [0.05, 0.1) is 5.69 Å². The number of rotatable bonds is 2. The van der Waals surface area contributed by atoms with Crippen molar-refractivity contribution in [3.63, 3.8) is 0 Å². The maximum atomic E-state index is 5.05. The largest absolute Gasteiger partial charge is 0.359 e. The second-order valence-corrected chi connectivity index (χ2v) is 3.58. The van der Waals surface area contributed by atoms with Gasteiger partial charge in [0.15, 0.2) is 5.76 Å². The van der Waals surface area contributed by atoms with Gasteiger partial charge in [-0.05, 0) is 28.9 Å². The molecular formula is C8H8BrN3O. The number of aryl methyl sites for hydroxylation is 1. The second-order valence-electron chi connectivity index (χ2n) is 2.77. The van der Waals surface area contributed by atoms with E-state index in [0.29, 0.717) is 6.54 Å². The SMILES string of the molecule is Cc1cc(Cn2ccc(Br)n2)on1. The molecule has 2 heterocycles. The third-order valence-corrected chi connectivity index (χ3v) is 2.03. The van der Waals surface area contributed by atoms with Crippen LogP contribution < -0.4 is 0 Å². The summed E-state index contributed by atoms with van der Waals surface area (Å²) in [6, 6.07) is 3.78. The maximum absolute atomic E-state index is 5.05. The van der Waals surface area contributed by atoms with Gasteiger partial charge in [-0.25, -0.2) is 0 Å². The van der Waals surface area contributed by atoms with Gasteiger partial charge in [0.2, 0.25) is 0 Å². The summed E-state index contributed by atoms with van der Waals surface area (Å²) in [5.41, 5.74) is 0.890. The highest BCUT2D eigenvalue weighted by Crippen LogP contribution is 2.07. The van der Waals surface area contributed by atoms with Crippen LogP contribution in [0.3, 0.4) is 0 Å². The van der Waals surface area contributed by atoms with Crippen LogP contribution in [0.15, 0.2) is 27.5 Å². The zero-order valence-corrected chi connectivity index (χ0v) is 8.65. The quantitative estimate of drug-likeness (QED) is 0.808. The summed E-state index contributed by atoms with van der Waals surface area (Å²) < 4.78 is 7.66. The smallest absolute Gasteiger partial charge is 0.158 e. The van der Waals surface area contributed by atoms with Crippen LogP contribution in [-0.4, -0.2) is 14.9 Å². The fraction of sp³-hybridized carbons (Fsp3) is 0.250. The van der Waals surface area contributed by atoms with Crippen LogP contribution in [0.2, 0.25) is 0 Å². The Morgan fingerprint density at radius 2 is 2.46 bits per heavy atom. The number of halogens is 1. The van der Waals surface area contributed by atoms with Crippen LogP contribution in [0.5, 0.6) is 0 Å². The van der Waals surface area contributed by atoms with Gasteiger partial charge in [-0.2, -0.15) is 5.10 Å². The van der Waals surface area contributed by atoms with Crippen molar-refractivity contribution in [2.45, 2.75) is 13.5 Å². The van der Waals surface area contributed by atoms with Gasteiger partial charge in [-0.1, -0.05) is 5.16 Å². The van der Waals surface area contributed by atoms with Gasteiger partial charge >= 0.3 is 0 Å². The Morgan fingerprint density at radius 3 is 3.00 bits per heavy atom. The molecule has 5 heteroatoms. The normalized spacial score (nSPS) is 10.6. The van der Waals surface area contributed by atoms with Crippen molar-refractivity contribution in [1.82, 2.24) is 14.9 Å². The van der Waals surface area contributed by atoms with E-state index in [9.17, 15) is 0 Å². The lowest BCUT2D eigenvalue weighted by molar-refractivity contribution is 0.368. The molecule has 2 aromatic heterocycles. The third-order valence-electron chi connectivity index (χ3n) is 1.60. The molecule has 0 atom stereocenters. The van der Waals surface area contributed by atoms with E-state index in [0.717, 1.165) is 16.1 Å². The first-order valence-corrected chi connectivity index (χ1v) is 4.64. The summed E-state index contributed by atoms with van der Waals surface area (Å²) in [6.07, 6.45) is 1.88. The maximum Gasteiger partial charge on any atom is 0.158 e. The van der Waals surface area contributed by atoms with Crippen molar-refractivity contribution in [2.75, 3.05) is 0 Å². The van der Waals surface area contributed by atoms with Crippen LogP contribution in [-0.2, 0) is 6.54 Å². The Bertz CT molecular complexity index is 369. The van der Waals surface area contributed by atoms with Gasteiger partial charge < -0.3 is 4.52 Å². The molecule has 0 bridgehead atoms. The van der Waals surface area contributed by atoms with Crippen molar-refractivity contribution in [2.24, 2.45) is 0 Å². The third kappa shape index (κ3) is 1.98. The highest BCUT2D eigenvalue weighted by atomic mass is 79.9. The zero-order valence-electron chi connectivity index (χ0n) is 7.07. The molecule has 2 aromatic rings. The first-order valence-electron chi connectivity index (χ1n) is 3.85. The lowest BCUT2D eigenvalue weighted by atomic mass is 10.4. The number of nitrogens with zero attached hydrogens (tertiary/aromatic N) is 3. The molecule has 0 aliphatic carbocycles. The average molecular weight is 242 g/mol. The van der Waals surface area contributed by atoms with Crippen molar-refractivity contribution >= 4 is 15.9 Å². The predicted octanol–water partition coefficient (Wildman–Crippen LogP) is 1.99. The summed E-state index contributed by atoms with van der Waals surface area (Å²) in [5.74, 6) is 0.813. The average Bonchev–Trinajstić information content (AvgIpc) is 2.62. The minimum absolute atomic E-state index is 0.618. The van der Waals surface area contributed by atoms with Crippen LogP contribution in [0, 0.1) is 6.92 Å². The van der Waals surface area contributed by atoms with E-state index in [1.54, 1.807) is 4.68 Å². The van der Waals surface area contributed by atoms with Gasteiger partial charge in [0, 0.05) is 12.3 Å². The van der Waals surface area contributed by atoms with Crippen LogP contribution >= 0.6 is 15.9 Å². The monoisotopic (exact) mass is 241 g/mol. The Morgan fingerprint density at radius 1 is 1.62 bits per heavy atom. The van der Waals surface area contributed by atoms with Gasteiger partial charge in [0.25, 0.3) is 0 Å². The van der Waals surface area contributed by atoms with E-state index in [1.807, 2.05) is 25.3 Å². The number of hydrogen-bond acceptors (Lipinski definition) is 3. The molecule has 0 aliphatic rings. The molecule has 4 nitrogen and oxygen atoms in total. The van der Waals surface area contributed by atoms with E-state index >= 15 is 0 Å². The molecule has 0 saturated carbocycles. The summed E-state index contributed by atoms with van der Waals surface area (Å²) in [4.78, 5) is 0. The minimum atomic E-state index is 0.618. The van der Waals surface area contributed by atoms with E-state index in [2.05, 4.69) is 26.2 Å². The summed E-state index contributed by atoms with van der Waals surface area (Å²) in [7, 11) is 0. The molecule has 68 valence electrons. The Labute approximate surface area is 83.7 Å². The topological polar surface area (TPSA) is 43.9 Å². The molecule has 13 heavy (non-hydrogen) atoms. The van der Waals surface area contributed by atoms with Gasteiger partial charge in [0.1, 0.15) is 11.1 Å². The lowest BCUT2D eigenvalue weighted by Gasteiger charge is -1.94. The molecular weight excluding hydrogens is 234 g/mol. The first kappa shape index (κ1) is 8.50. The van der Waals surface area contributed by atoms with Gasteiger partial charge in [-0.15, -0.1) is 0 Å². The standard InChI is InChI=1S/C8H8BrN3O/c1-6-4-7(13-11-6)5-12-3-2-8(9)10-12/h2-4H,5H2,1H3. The molecule has 0 saturated heterocycles. The molecule has 0 amide bonds. The molecule has 0 fully saturated rings. The van der Waals surface area contributed by atoms with E-state index in [1.165, 1.54) is 0 Å². The summed E-state index contributed by atoms with van der Waals surface area (Å²) in [5, 5.41) is 7.95. The fourth-order valence-electron chi connectivity index (χ4n) is 1.08. The van der Waals surface area contributed by atoms with E-state index in [-0.39, 0.29) is 0 Å². The highest BCUT2D eigenvalue weighted by Gasteiger charge is 2.02. The molecule has 0 aliphatic heterocycles. The minimum Gasteiger partial charge on any atom is -0.359 e. The molecule has 0 aromatic carbocycles. The number of hydrogen-bond donors (Lipinski definition) is 0. The molecule has 0 radical (unpaired) electrons. The van der Waals surface area contributed by atoms with Crippen molar-refractivity contribution in [3.8, 4) is 0 Å². The summed E-state index contributed by atoms with van der Waals surface area (Å²) in [6.45, 7) is 2.51. The lowest BCUT2D eigenvalue weighted by Crippen LogP contribution is -1.98. The van der Waals surface area contributed by atoms with E-state index in [4.69, 9.17) is 4.52 Å². The molecule has 0 unspecified atom stereocenters. The highest BCUT2D eigenvalue weighted by molar-refractivity contribution is 9.10. The molecule has 2 rings (SSSR count). The second kappa shape index (κ2) is 3.33. The Hall–Kier alpha value is -1.10. The molecule has 0 N–H and O–H groups in total. The van der Waals surface area contributed by atoms with Gasteiger partial charge in [-0.3, -0.25) is 4.68 Å². The van der Waals surface area contributed by atoms with Crippen molar-refractivity contribution in [3.05, 3.63) is 34.4 Å². The van der Waals surface area contributed by atoms with Crippen molar-refractivity contribution in [1.29, 1.82) is 0 Å². The predicted molar refractivity (Wildman–Crippen MR) is 50.3 cm³/mol. The first-order chi connectivity index (χ1) is 6.24. The Balaban J connectivity index is 2.14. The number of aromatic nitrogens is 3. The molecule has 0 spiro atoms. The van der Waals surface area contributed by atoms with E-state index < -0.39 is 0 Å². The Kier molecular flexibility index (Phi) is 2.18. The van der Waals surface area contributed by atoms with Crippen LogP contribution in [0.1, 0.15) is 11.5 Å².